The smallest absolute Gasteiger partial charge is 0.254 e. The topological polar surface area (TPSA) is 68.5 Å². The first-order chi connectivity index (χ1) is 13.1. The van der Waals surface area contributed by atoms with Crippen LogP contribution in [0.25, 0.3) is 0 Å². The molecule has 0 radical (unpaired) electrons. The minimum atomic E-state index is -0.0629. The normalized spacial score (nSPS) is 10.6. The molecular formula is C21H23N3O3. The van der Waals surface area contributed by atoms with Crippen LogP contribution < -0.4 is 4.74 Å². The molecule has 0 saturated carbocycles. The van der Waals surface area contributed by atoms with Gasteiger partial charge in [-0.25, -0.2) is 0 Å². The predicted octanol–water partition coefficient (Wildman–Crippen LogP) is 3.44. The van der Waals surface area contributed by atoms with Gasteiger partial charge in [-0.2, -0.15) is 0 Å². The Hall–Kier alpha value is -3.15. The van der Waals surface area contributed by atoms with Crippen molar-refractivity contribution in [3.63, 3.8) is 0 Å². The highest BCUT2D eigenvalue weighted by Gasteiger charge is 2.17. The maximum Gasteiger partial charge on any atom is 0.254 e. The van der Waals surface area contributed by atoms with Crippen molar-refractivity contribution in [1.82, 2.24) is 15.1 Å². The Kier molecular flexibility index (Phi) is 5.86. The average molecular weight is 365 g/mol. The monoisotopic (exact) mass is 365 g/mol. The van der Waals surface area contributed by atoms with Gasteiger partial charge < -0.3 is 14.1 Å². The molecule has 1 amide bonds. The minimum absolute atomic E-state index is 0.0629. The van der Waals surface area contributed by atoms with E-state index in [1.807, 2.05) is 42.5 Å². The van der Waals surface area contributed by atoms with Gasteiger partial charge in [0.25, 0.3) is 5.91 Å². The number of ether oxygens (including phenoxy) is 1. The molecule has 0 atom stereocenters. The number of hydrogen-bond donors (Lipinski definition) is 0. The Morgan fingerprint density at radius 1 is 1.11 bits per heavy atom. The molecule has 0 saturated heterocycles. The number of aromatic nitrogens is 2. The summed E-state index contributed by atoms with van der Waals surface area (Å²) in [5.41, 5.74) is 2.88. The van der Waals surface area contributed by atoms with Crippen LogP contribution >= 0.6 is 0 Å². The van der Waals surface area contributed by atoms with Crippen molar-refractivity contribution in [2.24, 2.45) is 0 Å². The lowest BCUT2D eigenvalue weighted by Crippen LogP contribution is -2.27. The highest BCUT2D eigenvalue weighted by molar-refractivity contribution is 5.95. The molecule has 6 heteroatoms. The van der Waals surface area contributed by atoms with Crippen LogP contribution in [-0.4, -0.2) is 35.2 Å². The largest absolute Gasteiger partial charge is 0.497 e. The molecule has 0 N–H and O–H groups in total. The van der Waals surface area contributed by atoms with Gasteiger partial charge in [0.2, 0.25) is 11.8 Å². The second-order valence-electron chi connectivity index (χ2n) is 6.38. The van der Waals surface area contributed by atoms with E-state index in [-0.39, 0.29) is 12.5 Å². The maximum atomic E-state index is 12.9. The van der Waals surface area contributed by atoms with Crippen molar-refractivity contribution in [3.05, 3.63) is 77.0 Å². The van der Waals surface area contributed by atoms with Crippen LogP contribution in [0.3, 0.4) is 0 Å². The highest BCUT2D eigenvalue weighted by Crippen LogP contribution is 2.18. The van der Waals surface area contributed by atoms with Crippen molar-refractivity contribution in [1.29, 1.82) is 0 Å². The zero-order valence-corrected chi connectivity index (χ0v) is 15.8. The molecule has 3 aromatic rings. The first-order valence-electron chi connectivity index (χ1n) is 8.82. The van der Waals surface area contributed by atoms with Crippen LogP contribution in [0.15, 0.2) is 52.9 Å². The number of hydrogen-bond acceptors (Lipinski definition) is 5. The zero-order valence-electron chi connectivity index (χ0n) is 15.8. The van der Waals surface area contributed by atoms with Crippen LogP contribution in [0, 0.1) is 6.92 Å². The Balaban J connectivity index is 1.71. The Morgan fingerprint density at radius 2 is 1.93 bits per heavy atom. The summed E-state index contributed by atoms with van der Waals surface area (Å²) in [7, 11) is 3.40. The molecule has 27 heavy (non-hydrogen) atoms. The molecule has 6 nitrogen and oxygen atoms in total. The van der Waals surface area contributed by atoms with Gasteiger partial charge in [0.1, 0.15) is 5.75 Å². The van der Waals surface area contributed by atoms with E-state index in [1.165, 1.54) is 5.56 Å². The summed E-state index contributed by atoms with van der Waals surface area (Å²) in [6.45, 7) is 2.01. The third-order valence-electron chi connectivity index (χ3n) is 4.35. The van der Waals surface area contributed by atoms with Crippen LogP contribution in [0.1, 0.15) is 33.3 Å². The summed E-state index contributed by atoms with van der Waals surface area (Å²) < 4.78 is 10.6. The number of carbonyl (C=O) groups excluding carboxylic acids is 1. The summed E-state index contributed by atoms with van der Waals surface area (Å²) in [6.07, 6.45) is 1.59. The van der Waals surface area contributed by atoms with Crippen molar-refractivity contribution in [2.45, 2.75) is 26.3 Å². The zero-order chi connectivity index (χ0) is 19.2. The molecule has 3 rings (SSSR count). The third-order valence-corrected chi connectivity index (χ3v) is 4.35. The number of nitrogens with zero attached hydrogens (tertiary/aromatic N) is 3. The molecule has 2 aromatic carbocycles. The molecular weight excluding hydrogens is 342 g/mol. The third kappa shape index (κ3) is 4.73. The number of aryl methyl sites for hydroxylation is 3. The van der Waals surface area contributed by atoms with Crippen molar-refractivity contribution in [2.75, 3.05) is 14.2 Å². The summed E-state index contributed by atoms with van der Waals surface area (Å²) in [5.74, 6) is 1.69. The fraction of sp³-hybridized carbons (Fsp3) is 0.286. The fourth-order valence-electron chi connectivity index (χ4n) is 2.94. The number of benzene rings is 2. The highest BCUT2D eigenvalue weighted by atomic mass is 16.5. The van der Waals surface area contributed by atoms with Crippen molar-refractivity contribution < 1.29 is 13.9 Å². The van der Waals surface area contributed by atoms with Gasteiger partial charge in [0, 0.05) is 19.5 Å². The summed E-state index contributed by atoms with van der Waals surface area (Å²) in [4.78, 5) is 14.5. The van der Waals surface area contributed by atoms with Crippen molar-refractivity contribution in [3.8, 4) is 5.75 Å². The average Bonchev–Trinajstić information content (AvgIpc) is 3.10. The van der Waals surface area contributed by atoms with Gasteiger partial charge >= 0.3 is 0 Å². The second kappa shape index (κ2) is 8.49. The lowest BCUT2D eigenvalue weighted by atomic mass is 9.99. The molecule has 0 bridgehead atoms. The van der Waals surface area contributed by atoms with E-state index >= 15 is 0 Å². The molecule has 0 aliphatic rings. The van der Waals surface area contributed by atoms with E-state index in [2.05, 4.69) is 16.3 Å². The van der Waals surface area contributed by atoms with Gasteiger partial charge in [-0.05, 0) is 42.2 Å². The maximum absolute atomic E-state index is 12.9. The van der Waals surface area contributed by atoms with E-state index in [0.29, 0.717) is 17.3 Å². The lowest BCUT2D eigenvalue weighted by Gasteiger charge is -2.17. The summed E-state index contributed by atoms with van der Waals surface area (Å²) >= 11 is 0. The van der Waals surface area contributed by atoms with Crippen LogP contribution in [-0.2, 0) is 19.4 Å². The van der Waals surface area contributed by atoms with E-state index in [1.54, 1.807) is 26.0 Å². The Morgan fingerprint density at radius 3 is 2.67 bits per heavy atom. The first-order valence-corrected chi connectivity index (χ1v) is 8.82. The Labute approximate surface area is 158 Å². The van der Waals surface area contributed by atoms with E-state index in [0.717, 1.165) is 24.2 Å². The van der Waals surface area contributed by atoms with Gasteiger partial charge in [-0.15, -0.1) is 10.2 Å². The predicted molar refractivity (Wildman–Crippen MR) is 102 cm³/mol. The molecule has 1 aromatic heterocycles. The first kappa shape index (κ1) is 18.6. The quantitative estimate of drug-likeness (QED) is 0.641. The van der Waals surface area contributed by atoms with Crippen LogP contribution in [0.2, 0.25) is 0 Å². The molecule has 0 spiro atoms. The number of methoxy groups -OCH3 is 1. The van der Waals surface area contributed by atoms with E-state index in [4.69, 9.17) is 9.15 Å². The van der Waals surface area contributed by atoms with E-state index in [9.17, 15) is 4.79 Å². The van der Waals surface area contributed by atoms with Gasteiger partial charge in [0.15, 0.2) is 0 Å². The van der Waals surface area contributed by atoms with E-state index < -0.39 is 0 Å². The summed E-state index contributed by atoms with van der Waals surface area (Å²) in [5, 5.41) is 7.76. The number of rotatable bonds is 7. The Bertz CT molecular complexity index is 920. The SMILES string of the molecule is COc1cccc(CCc2ccccc2C(=O)N(C)Cc2nnc(C)o2)c1. The van der Waals surface area contributed by atoms with Crippen molar-refractivity contribution >= 4 is 5.91 Å². The molecule has 0 aliphatic heterocycles. The number of carbonyl (C=O) groups is 1. The standard InChI is InChI=1S/C21H23N3O3/c1-15-22-23-20(27-15)14-24(2)21(25)19-10-5-4-8-17(19)12-11-16-7-6-9-18(13-16)26-3/h4-10,13H,11-12,14H2,1-3H3. The fourth-order valence-corrected chi connectivity index (χ4v) is 2.94. The van der Waals surface area contributed by atoms with Gasteiger partial charge in [-0.3, -0.25) is 4.79 Å². The molecule has 0 aliphatic carbocycles. The summed E-state index contributed by atoms with van der Waals surface area (Å²) in [6, 6.07) is 15.7. The van der Waals surface area contributed by atoms with Gasteiger partial charge in [0.05, 0.1) is 13.7 Å². The van der Waals surface area contributed by atoms with Crippen LogP contribution in [0.4, 0.5) is 0 Å². The lowest BCUT2D eigenvalue weighted by molar-refractivity contribution is 0.0771. The molecule has 0 unspecified atom stereocenters. The minimum Gasteiger partial charge on any atom is -0.497 e. The molecule has 0 fully saturated rings. The second-order valence-corrected chi connectivity index (χ2v) is 6.38. The number of amides is 1. The molecule has 1 heterocycles. The van der Waals surface area contributed by atoms with Crippen LogP contribution in [0.5, 0.6) is 5.75 Å². The molecule has 140 valence electrons. The van der Waals surface area contributed by atoms with Gasteiger partial charge in [-0.1, -0.05) is 30.3 Å².